The zero-order chi connectivity index (χ0) is 29.5. The number of aromatic hydroxyl groups is 1. The van der Waals surface area contributed by atoms with E-state index in [9.17, 15) is 14.7 Å². The summed E-state index contributed by atoms with van der Waals surface area (Å²) in [6.07, 6.45) is 4.54. The molecular weight excluding hydrogens is 599 g/mol. The normalized spacial score (nSPS) is 15.2. The van der Waals surface area contributed by atoms with Crippen molar-refractivity contribution in [3.05, 3.63) is 117 Å². The fourth-order valence-corrected chi connectivity index (χ4v) is 5.03. The highest BCUT2D eigenvalue weighted by molar-refractivity contribution is 8.18. The third-order valence-electron chi connectivity index (χ3n) is 5.80. The number of furan rings is 1. The Balaban J connectivity index is 1.35. The second-order valence-corrected chi connectivity index (χ2v) is 10.7. The predicted molar refractivity (Wildman–Crippen MR) is 165 cm³/mol. The van der Waals surface area contributed by atoms with E-state index in [4.69, 9.17) is 32.4 Å². The Kier molecular flexibility index (Phi) is 9.28. The molecule has 4 aromatic rings. The number of thioether (sulfide) groups is 1. The van der Waals surface area contributed by atoms with Crippen molar-refractivity contribution in [1.82, 2.24) is 4.90 Å². The summed E-state index contributed by atoms with van der Waals surface area (Å²) in [5, 5.41) is 22.4. The lowest BCUT2D eigenvalue weighted by atomic mass is 10.2. The third-order valence-corrected chi connectivity index (χ3v) is 7.29. The van der Waals surface area contributed by atoms with Crippen molar-refractivity contribution >= 4 is 69.9 Å². The van der Waals surface area contributed by atoms with Crippen molar-refractivity contribution in [2.75, 3.05) is 11.9 Å². The fraction of sp³-hybridized carbons (Fsp3) is 0.0667. The summed E-state index contributed by atoms with van der Waals surface area (Å²) in [7, 11) is 0. The quantitative estimate of drug-likeness (QED) is 0.120. The van der Waals surface area contributed by atoms with Crippen LogP contribution in [0.3, 0.4) is 0 Å². The lowest BCUT2D eigenvalue weighted by molar-refractivity contribution is -0.122. The number of amides is 2. The maximum atomic E-state index is 13.5. The van der Waals surface area contributed by atoms with Gasteiger partial charge in [-0.15, -0.1) is 5.10 Å². The van der Waals surface area contributed by atoms with E-state index in [0.29, 0.717) is 48.4 Å². The average molecular weight is 622 g/mol. The summed E-state index contributed by atoms with van der Waals surface area (Å²) in [6, 6.07) is 21.8. The fourth-order valence-electron chi connectivity index (χ4n) is 3.80. The molecule has 0 atom stereocenters. The number of para-hydroxylation sites is 1. The Hall–Kier alpha value is -4.51. The van der Waals surface area contributed by atoms with Gasteiger partial charge in [-0.05, 0) is 78.5 Å². The van der Waals surface area contributed by atoms with Gasteiger partial charge in [0.2, 0.25) is 0 Å². The summed E-state index contributed by atoms with van der Waals surface area (Å²) in [6.45, 7) is -0.109. The average Bonchev–Trinajstić information content (AvgIpc) is 3.60. The number of amidine groups is 1. The van der Waals surface area contributed by atoms with E-state index in [1.807, 2.05) is 0 Å². The Morgan fingerprint density at radius 2 is 1.81 bits per heavy atom. The van der Waals surface area contributed by atoms with E-state index >= 15 is 0 Å². The highest BCUT2D eigenvalue weighted by atomic mass is 35.5. The molecule has 0 aliphatic carbocycles. The Bertz CT molecular complexity index is 1690. The lowest BCUT2D eigenvalue weighted by Gasteiger charge is -2.12. The van der Waals surface area contributed by atoms with E-state index < -0.39 is 0 Å². The van der Waals surface area contributed by atoms with Gasteiger partial charge in [0.15, 0.2) is 11.8 Å². The van der Waals surface area contributed by atoms with E-state index in [-0.39, 0.29) is 30.7 Å². The summed E-state index contributed by atoms with van der Waals surface area (Å²) in [4.78, 5) is 27.7. The molecule has 212 valence electrons. The molecule has 1 fully saturated rings. The molecule has 0 saturated carbocycles. The highest BCUT2D eigenvalue weighted by Gasteiger charge is 2.34. The van der Waals surface area contributed by atoms with Crippen molar-refractivity contribution in [3.63, 3.8) is 0 Å². The topological polar surface area (TPSA) is 117 Å². The number of carbonyl (C=O) groups excluding carboxylic acids is 2. The molecule has 9 nitrogen and oxygen atoms in total. The number of hydrogen-bond acceptors (Lipinski definition) is 8. The molecule has 1 aliphatic heterocycles. The van der Waals surface area contributed by atoms with E-state index in [1.165, 1.54) is 23.4 Å². The summed E-state index contributed by atoms with van der Waals surface area (Å²) >= 11 is 13.0. The minimum Gasteiger partial charge on any atom is -0.507 e. The standard InChI is InChI=1S/C30H22Cl2N4O5S/c31-21-7-10-23(11-8-21)34-28(38)18-41-26-6-2-1-4-19(26)15-27-29(39)36(17-24-5-3-13-40-24)30(42-27)35-33-16-20-14-22(32)9-12-25(20)37/h1-16,37H,17-18H2,(H,34,38)/b27-15-,33-16+,35-30-. The molecule has 42 heavy (non-hydrogen) atoms. The van der Waals surface area contributed by atoms with Crippen LogP contribution in [0.2, 0.25) is 10.0 Å². The van der Waals surface area contributed by atoms with Crippen LogP contribution in [0.1, 0.15) is 16.9 Å². The predicted octanol–water partition coefficient (Wildman–Crippen LogP) is 6.82. The molecular formula is C30H22Cl2N4O5S. The maximum absolute atomic E-state index is 13.5. The van der Waals surface area contributed by atoms with Crippen molar-refractivity contribution in [2.24, 2.45) is 10.2 Å². The Morgan fingerprint density at radius 1 is 1.02 bits per heavy atom. The van der Waals surface area contributed by atoms with Crippen LogP contribution in [0.4, 0.5) is 5.69 Å². The van der Waals surface area contributed by atoms with Gasteiger partial charge in [0.25, 0.3) is 11.8 Å². The van der Waals surface area contributed by atoms with Gasteiger partial charge in [0, 0.05) is 26.9 Å². The number of phenolic OH excluding ortho intramolecular Hbond substituents is 1. The molecule has 0 spiro atoms. The number of nitrogens with zero attached hydrogens (tertiary/aromatic N) is 3. The molecule has 0 unspecified atom stereocenters. The molecule has 1 aliphatic rings. The molecule has 1 aromatic heterocycles. The maximum Gasteiger partial charge on any atom is 0.267 e. The van der Waals surface area contributed by atoms with Crippen molar-refractivity contribution in [1.29, 1.82) is 0 Å². The van der Waals surface area contributed by atoms with Crippen LogP contribution >= 0.6 is 35.0 Å². The molecule has 12 heteroatoms. The van der Waals surface area contributed by atoms with Crippen molar-refractivity contribution < 1.29 is 23.8 Å². The zero-order valence-electron chi connectivity index (χ0n) is 21.7. The summed E-state index contributed by atoms with van der Waals surface area (Å²) < 4.78 is 11.2. The first-order valence-corrected chi connectivity index (χ1v) is 14.0. The number of carbonyl (C=O) groups is 2. The lowest BCUT2D eigenvalue weighted by Crippen LogP contribution is -2.28. The number of benzene rings is 3. The largest absolute Gasteiger partial charge is 0.507 e. The zero-order valence-corrected chi connectivity index (χ0v) is 24.1. The van der Waals surface area contributed by atoms with Crippen LogP contribution in [-0.2, 0) is 16.1 Å². The van der Waals surface area contributed by atoms with Gasteiger partial charge in [-0.2, -0.15) is 5.10 Å². The molecule has 1 saturated heterocycles. The smallest absolute Gasteiger partial charge is 0.267 e. The minimum atomic E-state index is -0.353. The molecule has 0 bridgehead atoms. The van der Waals surface area contributed by atoms with E-state index in [1.54, 1.807) is 78.9 Å². The number of nitrogens with one attached hydrogen (secondary N) is 1. The van der Waals surface area contributed by atoms with Gasteiger partial charge < -0.3 is 19.6 Å². The molecule has 5 rings (SSSR count). The van der Waals surface area contributed by atoms with Gasteiger partial charge in [-0.3, -0.25) is 14.5 Å². The van der Waals surface area contributed by atoms with Crippen LogP contribution < -0.4 is 10.1 Å². The molecule has 2 heterocycles. The molecule has 0 radical (unpaired) electrons. The Morgan fingerprint density at radius 3 is 2.60 bits per heavy atom. The monoisotopic (exact) mass is 620 g/mol. The minimum absolute atomic E-state index is 0.00928. The van der Waals surface area contributed by atoms with Crippen LogP contribution in [-0.4, -0.2) is 39.8 Å². The Labute approximate surface area is 255 Å². The van der Waals surface area contributed by atoms with Crippen LogP contribution in [0.25, 0.3) is 6.08 Å². The van der Waals surface area contributed by atoms with Crippen molar-refractivity contribution in [2.45, 2.75) is 6.54 Å². The number of ether oxygens (including phenoxy) is 1. The van der Waals surface area contributed by atoms with Crippen LogP contribution in [0.15, 0.2) is 105 Å². The van der Waals surface area contributed by atoms with Gasteiger partial charge in [0.1, 0.15) is 17.3 Å². The van der Waals surface area contributed by atoms with E-state index in [2.05, 4.69) is 15.5 Å². The summed E-state index contributed by atoms with van der Waals surface area (Å²) in [5.74, 6) is 0.303. The number of anilines is 1. The number of rotatable bonds is 9. The SMILES string of the molecule is O=C(COc1ccccc1/C=C1\S/C(=N\N=C\c2cc(Cl)ccc2O)N(Cc2ccco2)C1=O)Nc1ccc(Cl)cc1. The van der Waals surface area contributed by atoms with Gasteiger partial charge >= 0.3 is 0 Å². The van der Waals surface area contributed by atoms with Gasteiger partial charge in [-0.1, -0.05) is 41.4 Å². The van der Waals surface area contributed by atoms with Gasteiger partial charge in [0.05, 0.1) is 23.9 Å². The van der Waals surface area contributed by atoms with Crippen LogP contribution in [0.5, 0.6) is 11.5 Å². The first kappa shape index (κ1) is 29.0. The highest BCUT2D eigenvalue weighted by Crippen LogP contribution is 2.35. The van der Waals surface area contributed by atoms with Gasteiger partial charge in [-0.25, -0.2) is 0 Å². The van der Waals surface area contributed by atoms with E-state index in [0.717, 1.165) is 11.8 Å². The van der Waals surface area contributed by atoms with Crippen molar-refractivity contribution in [3.8, 4) is 11.5 Å². The number of hydrogen-bond donors (Lipinski definition) is 2. The number of halogens is 2. The molecule has 2 amide bonds. The molecule has 3 aromatic carbocycles. The second kappa shape index (κ2) is 13.4. The first-order valence-electron chi connectivity index (χ1n) is 12.5. The summed E-state index contributed by atoms with van der Waals surface area (Å²) in [5.41, 5.74) is 1.56. The third kappa shape index (κ3) is 7.41. The first-order chi connectivity index (χ1) is 20.4. The van der Waals surface area contributed by atoms with Crippen LogP contribution in [0, 0.1) is 0 Å². The second-order valence-electron chi connectivity index (χ2n) is 8.79. The number of phenols is 1. The molecule has 2 N–H and O–H groups in total.